The molecule has 0 saturated carbocycles. The molecule has 0 fully saturated rings. The van der Waals surface area contributed by atoms with Crippen LogP contribution in [-0.2, 0) is 13.2 Å². The van der Waals surface area contributed by atoms with E-state index in [4.69, 9.17) is 4.99 Å². The summed E-state index contributed by atoms with van der Waals surface area (Å²) >= 11 is 0. The van der Waals surface area contributed by atoms with Crippen molar-refractivity contribution in [2.75, 3.05) is 0 Å². The Kier molecular flexibility index (Phi) is 3.77. The van der Waals surface area contributed by atoms with E-state index < -0.39 is 11.7 Å². The number of aryl methyl sites for hydroxylation is 1. The van der Waals surface area contributed by atoms with E-state index in [0.29, 0.717) is 5.69 Å². The molecule has 0 spiro atoms. The minimum Gasteiger partial charge on any atom is -0.341 e. The van der Waals surface area contributed by atoms with Gasteiger partial charge in [-0.25, -0.2) is 4.99 Å². The Morgan fingerprint density at radius 1 is 0.828 bits per heavy atom. The third-order valence-electron chi connectivity index (χ3n) is 5.21. The number of H-pyrrole nitrogens is 1. The summed E-state index contributed by atoms with van der Waals surface area (Å²) in [6, 6.07) is 20.8. The largest absolute Gasteiger partial charge is 0.416 e. The highest BCUT2D eigenvalue weighted by atomic mass is 19.4. The fourth-order valence-corrected chi connectivity index (χ4v) is 3.81. The van der Waals surface area contributed by atoms with Crippen molar-refractivity contribution in [1.29, 1.82) is 0 Å². The number of rotatable bonds is 1. The second-order valence-corrected chi connectivity index (χ2v) is 6.98. The number of nitrogens with zero attached hydrogens (tertiary/aromatic N) is 2. The first-order valence-corrected chi connectivity index (χ1v) is 9.13. The van der Waals surface area contributed by atoms with E-state index in [9.17, 15) is 13.2 Å². The van der Waals surface area contributed by atoms with Crippen LogP contribution in [0.5, 0.6) is 0 Å². The second kappa shape index (κ2) is 6.24. The fraction of sp³-hybridized carbons (Fsp3) is 0.0870. The third-order valence-corrected chi connectivity index (χ3v) is 5.21. The summed E-state index contributed by atoms with van der Waals surface area (Å²) in [5.74, 6) is 0. The topological polar surface area (TPSA) is 33.1 Å². The number of fused-ring (bicyclic) bond motifs is 4. The van der Waals surface area contributed by atoms with Crippen molar-refractivity contribution < 1.29 is 13.2 Å². The van der Waals surface area contributed by atoms with E-state index in [1.54, 1.807) is 0 Å². The Hall–Kier alpha value is -3.54. The summed E-state index contributed by atoms with van der Waals surface area (Å²) in [7, 11) is 1.99. The van der Waals surface area contributed by atoms with Gasteiger partial charge in [0, 0.05) is 23.3 Å². The molecule has 6 heteroatoms. The summed E-state index contributed by atoms with van der Waals surface area (Å²) in [5, 5.41) is 3.65. The lowest BCUT2D eigenvalue weighted by molar-refractivity contribution is -0.137. The molecule has 0 atom stereocenters. The van der Waals surface area contributed by atoms with E-state index in [1.165, 1.54) is 12.1 Å². The maximum Gasteiger partial charge on any atom is 0.416 e. The van der Waals surface area contributed by atoms with Crippen LogP contribution < -0.4 is 5.36 Å². The van der Waals surface area contributed by atoms with Gasteiger partial charge >= 0.3 is 6.18 Å². The number of aromatic amines is 1. The first kappa shape index (κ1) is 17.6. The van der Waals surface area contributed by atoms with Crippen LogP contribution in [-0.4, -0.2) is 9.55 Å². The van der Waals surface area contributed by atoms with Gasteiger partial charge in [-0.2, -0.15) is 13.2 Å². The zero-order valence-corrected chi connectivity index (χ0v) is 15.5. The zero-order chi connectivity index (χ0) is 20.2. The van der Waals surface area contributed by atoms with Gasteiger partial charge in [0.2, 0.25) is 0 Å². The highest BCUT2D eigenvalue weighted by Gasteiger charge is 2.29. The number of halogens is 3. The Balaban J connectivity index is 1.90. The lowest BCUT2D eigenvalue weighted by atomic mass is 10.1. The van der Waals surface area contributed by atoms with E-state index in [0.717, 1.165) is 50.3 Å². The van der Waals surface area contributed by atoms with Crippen LogP contribution >= 0.6 is 0 Å². The molecule has 0 unspecified atom stereocenters. The summed E-state index contributed by atoms with van der Waals surface area (Å²) < 4.78 is 40.8. The molecule has 0 amide bonds. The number of alkyl halides is 3. The van der Waals surface area contributed by atoms with Gasteiger partial charge < -0.3 is 9.55 Å². The molecule has 1 N–H and O–H groups in total. The first-order valence-electron chi connectivity index (χ1n) is 9.13. The Labute approximate surface area is 163 Å². The summed E-state index contributed by atoms with van der Waals surface area (Å²) in [4.78, 5) is 8.23. The standard InChI is InChI=1S/C23H16F3N3/c1-29-19-9-5-3-7-17(19)21(20-16-6-2-4-8-18(16)28-22(20)29)27-15-12-10-14(11-13-15)23(24,25)26/h2-13,28H,1H3. The van der Waals surface area contributed by atoms with E-state index >= 15 is 0 Å². The van der Waals surface area contributed by atoms with Crippen LogP contribution in [0.2, 0.25) is 0 Å². The Bertz CT molecular complexity index is 1440. The molecule has 0 aliphatic heterocycles. The Morgan fingerprint density at radius 3 is 2.21 bits per heavy atom. The van der Waals surface area contributed by atoms with Gasteiger partial charge in [0.15, 0.2) is 0 Å². The molecule has 3 nitrogen and oxygen atoms in total. The first-order chi connectivity index (χ1) is 13.9. The zero-order valence-electron chi connectivity index (χ0n) is 15.5. The number of pyridine rings is 1. The highest BCUT2D eigenvalue weighted by Crippen LogP contribution is 2.31. The maximum absolute atomic E-state index is 12.9. The molecule has 2 aromatic heterocycles. The van der Waals surface area contributed by atoms with Gasteiger partial charge in [0.05, 0.1) is 27.5 Å². The lowest BCUT2D eigenvalue weighted by Crippen LogP contribution is -2.10. The van der Waals surface area contributed by atoms with Gasteiger partial charge in [-0.3, -0.25) is 0 Å². The molecule has 144 valence electrons. The summed E-state index contributed by atoms with van der Waals surface area (Å²) in [5.41, 5.74) is 2.67. The van der Waals surface area contributed by atoms with Crippen molar-refractivity contribution in [1.82, 2.24) is 9.55 Å². The van der Waals surface area contributed by atoms with Gasteiger partial charge in [0.1, 0.15) is 5.65 Å². The van der Waals surface area contributed by atoms with Crippen molar-refractivity contribution in [3.8, 4) is 0 Å². The second-order valence-electron chi connectivity index (χ2n) is 6.98. The maximum atomic E-state index is 12.9. The molecular formula is C23H16F3N3. The third kappa shape index (κ3) is 2.79. The molecule has 0 radical (unpaired) electrons. The van der Waals surface area contributed by atoms with E-state index in [2.05, 4.69) is 9.55 Å². The quantitative estimate of drug-likeness (QED) is 0.360. The monoisotopic (exact) mass is 391 g/mol. The summed E-state index contributed by atoms with van der Waals surface area (Å²) in [6.45, 7) is 0. The number of hydrogen-bond acceptors (Lipinski definition) is 1. The van der Waals surface area contributed by atoms with Crippen molar-refractivity contribution >= 4 is 38.5 Å². The number of hydrogen-bond donors (Lipinski definition) is 1. The molecule has 29 heavy (non-hydrogen) atoms. The van der Waals surface area contributed by atoms with Crippen LogP contribution in [0.1, 0.15) is 5.56 Å². The number of para-hydroxylation sites is 2. The van der Waals surface area contributed by atoms with Gasteiger partial charge in [-0.05, 0) is 36.4 Å². The van der Waals surface area contributed by atoms with Crippen molar-refractivity contribution in [3.05, 3.63) is 83.7 Å². The lowest BCUT2D eigenvalue weighted by Gasteiger charge is -2.09. The minimum absolute atomic E-state index is 0.476. The molecule has 5 rings (SSSR count). The predicted octanol–water partition coefficient (Wildman–Crippen LogP) is 6.06. The normalized spacial score (nSPS) is 13.0. The van der Waals surface area contributed by atoms with Gasteiger partial charge in [-0.1, -0.05) is 36.4 Å². The number of nitrogens with one attached hydrogen (secondary N) is 1. The van der Waals surface area contributed by atoms with E-state index in [-0.39, 0.29) is 0 Å². The minimum atomic E-state index is -4.37. The Morgan fingerprint density at radius 2 is 1.48 bits per heavy atom. The van der Waals surface area contributed by atoms with Crippen molar-refractivity contribution in [3.63, 3.8) is 0 Å². The van der Waals surface area contributed by atoms with Gasteiger partial charge in [-0.15, -0.1) is 0 Å². The van der Waals surface area contributed by atoms with Crippen molar-refractivity contribution in [2.45, 2.75) is 6.18 Å². The molecule has 0 aliphatic carbocycles. The van der Waals surface area contributed by atoms with Gasteiger partial charge in [0.25, 0.3) is 0 Å². The van der Waals surface area contributed by atoms with Crippen LogP contribution in [0, 0.1) is 0 Å². The molecule has 0 saturated heterocycles. The van der Waals surface area contributed by atoms with E-state index in [1.807, 2.05) is 55.6 Å². The van der Waals surface area contributed by atoms with Crippen LogP contribution in [0.4, 0.5) is 18.9 Å². The van der Waals surface area contributed by atoms with Crippen LogP contribution in [0.25, 0.3) is 32.8 Å². The van der Waals surface area contributed by atoms with Crippen LogP contribution in [0.15, 0.2) is 77.8 Å². The molecule has 0 aliphatic rings. The average Bonchev–Trinajstić information content (AvgIpc) is 3.11. The molecule has 5 aromatic rings. The molecule has 3 aromatic carbocycles. The molecular weight excluding hydrogens is 375 g/mol. The smallest absolute Gasteiger partial charge is 0.341 e. The number of aromatic nitrogens is 2. The van der Waals surface area contributed by atoms with Crippen LogP contribution in [0.3, 0.4) is 0 Å². The predicted molar refractivity (Wildman–Crippen MR) is 109 cm³/mol. The highest BCUT2D eigenvalue weighted by molar-refractivity contribution is 6.09. The van der Waals surface area contributed by atoms with Crippen molar-refractivity contribution in [2.24, 2.45) is 12.0 Å². The average molecular weight is 391 g/mol. The molecule has 2 heterocycles. The SMILES string of the molecule is Cn1c2ccccc2c(=Nc2ccc(C(F)(F)F)cc2)c2c3ccccc3[nH]c21. The summed E-state index contributed by atoms with van der Waals surface area (Å²) in [6.07, 6.45) is -4.37. The fourth-order valence-electron chi connectivity index (χ4n) is 3.81. The number of benzene rings is 3. The molecule has 0 bridgehead atoms.